The first-order valence-electron chi connectivity index (χ1n) is 6.07. The molecule has 0 saturated heterocycles. The van der Waals surface area contributed by atoms with Crippen LogP contribution in [-0.2, 0) is 0 Å². The Hall–Kier alpha value is -1.02. The van der Waals surface area contributed by atoms with Crippen LogP contribution in [0.3, 0.4) is 0 Å². The van der Waals surface area contributed by atoms with E-state index in [0.717, 1.165) is 30.8 Å². The first-order chi connectivity index (χ1) is 7.66. The maximum Gasteiger partial charge on any atom is 0.119 e. The molecule has 1 aromatic rings. The van der Waals surface area contributed by atoms with Gasteiger partial charge < -0.3 is 9.84 Å². The topological polar surface area (TPSA) is 29.5 Å². The normalized spacial score (nSPS) is 17.5. The smallest absolute Gasteiger partial charge is 0.119 e. The van der Waals surface area contributed by atoms with E-state index in [0.29, 0.717) is 11.8 Å². The van der Waals surface area contributed by atoms with Crippen LogP contribution in [0.4, 0.5) is 0 Å². The van der Waals surface area contributed by atoms with Gasteiger partial charge in [0.15, 0.2) is 0 Å². The first kappa shape index (κ1) is 11.5. The monoisotopic (exact) mass is 220 g/mol. The predicted molar refractivity (Wildman–Crippen MR) is 64.5 cm³/mol. The summed E-state index contributed by atoms with van der Waals surface area (Å²) < 4.78 is 5.60. The van der Waals surface area contributed by atoms with Crippen molar-refractivity contribution in [2.75, 3.05) is 6.61 Å². The third-order valence-corrected chi connectivity index (χ3v) is 2.87. The fourth-order valence-electron chi connectivity index (χ4n) is 1.71. The molecule has 0 bridgehead atoms. The van der Waals surface area contributed by atoms with Crippen molar-refractivity contribution in [3.05, 3.63) is 29.8 Å². The van der Waals surface area contributed by atoms with E-state index in [2.05, 4.69) is 13.8 Å². The molecule has 1 saturated carbocycles. The van der Waals surface area contributed by atoms with E-state index in [1.54, 1.807) is 0 Å². The summed E-state index contributed by atoms with van der Waals surface area (Å²) in [6.07, 6.45) is 2.04. The lowest BCUT2D eigenvalue weighted by Crippen LogP contribution is -2.05. The minimum Gasteiger partial charge on any atom is -0.493 e. The van der Waals surface area contributed by atoms with Crippen LogP contribution in [0.5, 0.6) is 5.75 Å². The van der Waals surface area contributed by atoms with Gasteiger partial charge in [-0.1, -0.05) is 26.0 Å². The third-order valence-electron chi connectivity index (χ3n) is 2.87. The number of hydrogen-bond acceptors (Lipinski definition) is 2. The maximum atomic E-state index is 9.93. The molecule has 2 rings (SSSR count). The SMILES string of the molecule is CC(C)COc1ccc(C(O)C2CC2)cc1. The Morgan fingerprint density at radius 3 is 2.38 bits per heavy atom. The number of aliphatic hydroxyl groups excluding tert-OH is 1. The number of aliphatic hydroxyl groups is 1. The molecular weight excluding hydrogens is 200 g/mol. The fourth-order valence-corrected chi connectivity index (χ4v) is 1.71. The Morgan fingerprint density at radius 1 is 1.25 bits per heavy atom. The van der Waals surface area contributed by atoms with Crippen LogP contribution in [0.2, 0.25) is 0 Å². The zero-order chi connectivity index (χ0) is 11.5. The molecule has 0 spiro atoms. The lowest BCUT2D eigenvalue weighted by Gasteiger charge is -2.12. The minimum atomic E-state index is -0.279. The largest absolute Gasteiger partial charge is 0.493 e. The van der Waals surface area contributed by atoms with Gasteiger partial charge in [0.2, 0.25) is 0 Å². The highest BCUT2D eigenvalue weighted by Gasteiger charge is 2.30. The van der Waals surface area contributed by atoms with Crippen LogP contribution >= 0.6 is 0 Å². The molecule has 2 nitrogen and oxygen atoms in total. The highest BCUT2D eigenvalue weighted by atomic mass is 16.5. The average Bonchev–Trinajstić information content (AvgIpc) is 3.10. The van der Waals surface area contributed by atoms with Gasteiger partial charge in [-0.25, -0.2) is 0 Å². The second-order valence-electron chi connectivity index (χ2n) is 5.06. The maximum absolute atomic E-state index is 9.93. The van der Waals surface area contributed by atoms with Gasteiger partial charge in [-0.15, -0.1) is 0 Å². The van der Waals surface area contributed by atoms with Crippen molar-refractivity contribution in [1.29, 1.82) is 0 Å². The molecule has 1 unspecified atom stereocenters. The van der Waals surface area contributed by atoms with Gasteiger partial charge in [-0.3, -0.25) is 0 Å². The van der Waals surface area contributed by atoms with Crippen LogP contribution in [0.1, 0.15) is 38.4 Å². The Balaban J connectivity index is 1.93. The van der Waals surface area contributed by atoms with E-state index in [-0.39, 0.29) is 6.10 Å². The summed E-state index contributed by atoms with van der Waals surface area (Å²) in [4.78, 5) is 0. The van der Waals surface area contributed by atoms with Gasteiger partial charge in [0.1, 0.15) is 5.75 Å². The summed E-state index contributed by atoms with van der Waals surface area (Å²) >= 11 is 0. The molecule has 2 heteroatoms. The third kappa shape index (κ3) is 2.99. The second-order valence-corrected chi connectivity index (χ2v) is 5.06. The number of ether oxygens (including phenoxy) is 1. The molecule has 0 aliphatic heterocycles. The standard InChI is InChI=1S/C14H20O2/c1-10(2)9-16-13-7-5-12(6-8-13)14(15)11-3-4-11/h5-8,10-11,14-15H,3-4,9H2,1-2H3. The zero-order valence-electron chi connectivity index (χ0n) is 10.0. The van der Waals surface area contributed by atoms with Crippen LogP contribution in [0, 0.1) is 11.8 Å². The van der Waals surface area contributed by atoms with E-state index in [9.17, 15) is 5.11 Å². The molecule has 1 aliphatic rings. The molecular formula is C14H20O2. The van der Waals surface area contributed by atoms with Gasteiger partial charge >= 0.3 is 0 Å². The fraction of sp³-hybridized carbons (Fsp3) is 0.571. The quantitative estimate of drug-likeness (QED) is 0.826. The summed E-state index contributed by atoms with van der Waals surface area (Å²) in [6.45, 7) is 5.00. The van der Waals surface area contributed by atoms with Gasteiger partial charge in [0.25, 0.3) is 0 Å². The van der Waals surface area contributed by atoms with Crippen LogP contribution in [0.25, 0.3) is 0 Å². The van der Waals surface area contributed by atoms with Crippen molar-refractivity contribution >= 4 is 0 Å². The van der Waals surface area contributed by atoms with E-state index in [1.165, 1.54) is 0 Å². The predicted octanol–water partition coefficient (Wildman–Crippen LogP) is 3.16. The van der Waals surface area contributed by atoms with Crippen molar-refractivity contribution in [2.45, 2.75) is 32.8 Å². The highest BCUT2D eigenvalue weighted by Crippen LogP contribution is 2.40. The molecule has 88 valence electrons. The van der Waals surface area contributed by atoms with Crippen LogP contribution < -0.4 is 4.74 Å². The van der Waals surface area contributed by atoms with Crippen molar-refractivity contribution < 1.29 is 9.84 Å². The van der Waals surface area contributed by atoms with Gasteiger partial charge in [0.05, 0.1) is 12.7 Å². The van der Waals surface area contributed by atoms with Crippen molar-refractivity contribution in [2.24, 2.45) is 11.8 Å². The molecule has 0 amide bonds. The van der Waals surface area contributed by atoms with E-state index >= 15 is 0 Å². The highest BCUT2D eigenvalue weighted by molar-refractivity contribution is 5.29. The van der Waals surface area contributed by atoms with Gasteiger partial charge in [-0.05, 0) is 42.4 Å². The van der Waals surface area contributed by atoms with Gasteiger partial charge in [0, 0.05) is 0 Å². The first-order valence-corrected chi connectivity index (χ1v) is 6.07. The van der Waals surface area contributed by atoms with Crippen molar-refractivity contribution in [3.8, 4) is 5.75 Å². The molecule has 0 aromatic heterocycles. The van der Waals surface area contributed by atoms with Crippen LogP contribution in [0.15, 0.2) is 24.3 Å². The molecule has 0 radical (unpaired) electrons. The summed E-state index contributed by atoms with van der Waals surface area (Å²) in [7, 11) is 0. The minimum absolute atomic E-state index is 0.279. The Morgan fingerprint density at radius 2 is 1.88 bits per heavy atom. The van der Waals surface area contributed by atoms with E-state index < -0.39 is 0 Å². The van der Waals surface area contributed by atoms with Crippen molar-refractivity contribution in [1.82, 2.24) is 0 Å². The Kier molecular flexibility index (Phi) is 3.49. The summed E-state index contributed by atoms with van der Waals surface area (Å²) in [5.41, 5.74) is 1.01. The van der Waals surface area contributed by atoms with Crippen molar-refractivity contribution in [3.63, 3.8) is 0 Å². The number of benzene rings is 1. The Labute approximate surface area is 97.3 Å². The average molecular weight is 220 g/mol. The number of hydrogen-bond donors (Lipinski definition) is 1. The van der Waals surface area contributed by atoms with Crippen LogP contribution in [-0.4, -0.2) is 11.7 Å². The second kappa shape index (κ2) is 4.88. The lowest BCUT2D eigenvalue weighted by molar-refractivity contribution is 0.153. The molecule has 16 heavy (non-hydrogen) atoms. The van der Waals surface area contributed by atoms with Gasteiger partial charge in [-0.2, -0.15) is 0 Å². The molecule has 1 atom stereocenters. The molecule has 1 N–H and O–H groups in total. The molecule has 0 heterocycles. The Bertz CT molecular complexity index is 325. The zero-order valence-corrected chi connectivity index (χ0v) is 10.0. The summed E-state index contributed by atoms with van der Waals surface area (Å²) in [5.74, 6) is 1.92. The lowest BCUT2D eigenvalue weighted by atomic mass is 10.1. The summed E-state index contributed by atoms with van der Waals surface area (Å²) in [5, 5.41) is 9.93. The molecule has 1 aromatic carbocycles. The van der Waals surface area contributed by atoms with E-state index in [1.807, 2.05) is 24.3 Å². The van der Waals surface area contributed by atoms with E-state index in [4.69, 9.17) is 4.74 Å². The molecule has 1 fully saturated rings. The summed E-state index contributed by atoms with van der Waals surface area (Å²) in [6, 6.07) is 7.84. The number of rotatable bonds is 5. The molecule has 1 aliphatic carbocycles.